The standard InChI is InChI=1S/C20H27O5P/c1-17(14-20(2,3)21)25-26(22,23-15-18-10-6-4-7-11-18)24-16-19-12-8-5-9-13-19/h4-13,17,21H,14-16H2,1-3H3. The highest BCUT2D eigenvalue weighted by Gasteiger charge is 2.31. The summed E-state index contributed by atoms with van der Waals surface area (Å²) < 4.78 is 29.8. The maximum atomic E-state index is 13.1. The van der Waals surface area contributed by atoms with E-state index in [0.29, 0.717) is 6.42 Å². The van der Waals surface area contributed by atoms with E-state index in [4.69, 9.17) is 13.6 Å². The Bertz CT molecular complexity index is 650. The van der Waals surface area contributed by atoms with Gasteiger partial charge in [-0.2, -0.15) is 0 Å². The summed E-state index contributed by atoms with van der Waals surface area (Å²) in [5.41, 5.74) is 0.799. The highest BCUT2D eigenvalue weighted by molar-refractivity contribution is 7.48. The number of hydrogen-bond donors (Lipinski definition) is 1. The van der Waals surface area contributed by atoms with Crippen molar-refractivity contribution in [2.24, 2.45) is 0 Å². The van der Waals surface area contributed by atoms with Crippen LogP contribution in [0.4, 0.5) is 0 Å². The maximum Gasteiger partial charge on any atom is 0.475 e. The van der Waals surface area contributed by atoms with Crippen molar-refractivity contribution in [3.63, 3.8) is 0 Å². The predicted molar refractivity (Wildman–Crippen MR) is 102 cm³/mol. The number of phosphoric ester groups is 1. The molecule has 0 saturated heterocycles. The highest BCUT2D eigenvalue weighted by atomic mass is 31.2. The van der Waals surface area contributed by atoms with E-state index in [1.54, 1.807) is 20.8 Å². The molecule has 1 N–H and O–H groups in total. The van der Waals surface area contributed by atoms with Gasteiger partial charge in [0.05, 0.1) is 24.9 Å². The van der Waals surface area contributed by atoms with E-state index in [9.17, 15) is 9.67 Å². The lowest BCUT2D eigenvalue weighted by molar-refractivity contribution is 0.0115. The first-order valence-corrected chi connectivity index (χ1v) is 10.1. The Hall–Kier alpha value is -1.49. The van der Waals surface area contributed by atoms with Crippen molar-refractivity contribution in [1.82, 2.24) is 0 Å². The fourth-order valence-corrected chi connectivity index (χ4v) is 3.84. The zero-order chi connectivity index (χ0) is 19.0. The molecule has 0 aliphatic carbocycles. The van der Waals surface area contributed by atoms with Crippen molar-refractivity contribution in [2.75, 3.05) is 0 Å². The van der Waals surface area contributed by atoms with Crippen LogP contribution in [0, 0.1) is 0 Å². The average molecular weight is 378 g/mol. The van der Waals surface area contributed by atoms with Gasteiger partial charge >= 0.3 is 7.82 Å². The van der Waals surface area contributed by atoms with Crippen molar-refractivity contribution >= 4 is 7.82 Å². The number of hydrogen-bond acceptors (Lipinski definition) is 5. The summed E-state index contributed by atoms with van der Waals surface area (Å²) in [5, 5.41) is 9.95. The molecule has 6 heteroatoms. The molecule has 0 bridgehead atoms. The zero-order valence-electron chi connectivity index (χ0n) is 15.5. The second-order valence-corrected chi connectivity index (χ2v) is 8.52. The minimum atomic E-state index is -3.80. The summed E-state index contributed by atoms with van der Waals surface area (Å²) in [5.74, 6) is 0. The molecule has 2 aromatic carbocycles. The van der Waals surface area contributed by atoms with Crippen molar-refractivity contribution in [3.8, 4) is 0 Å². The Balaban J connectivity index is 2.04. The van der Waals surface area contributed by atoms with Crippen molar-refractivity contribution in [3.05, 3.63) is 71.8 Å². The Morgan fingerprint density at radius 2 is 1.35 bits per heavy atom. The first-order valence-electron chi connectivity index (χ1n) is 8.63. The van der Waals surface area contributed by atoms with Gasteiger partial charge in [-0.3, -0.25) is 13.6 Å². The normalized spacial score (nSPS) is 13.5. The Kier molecular flexibility index (Phi) is 7.56. The number of aliphatic hydroxyl groups is 1. The molecule has 142 valence electrons. The Morgan fingerprint density at radius 3 is 1.73 bits per heavy atom. The molecule has 0 amide bonds. The Morgan fingerprint density at radius 1 is 0.923 bits per heavy atom. The van der Waals surface area contributed by atoms with E-state index in [0.717, 1.165) is 11.1 Å². The first-order chi connectivity index (χ1) is 12.3. The quantitative estimate of drug-likeness (QED) is 0.583. The Labute approximate surface area is 155 Å². The van der Waals surface area contributed by atoms with Crippen LogP contribution >= 0.6 is 7.82 Å². The number of phosphoric acid groups is 1. The fourth-order valence-electron chi connectivity index (χ4n) is 2.51. The molecule has 26 heavy (non-hydrogen) atoms. The van der Waals surface area contributed by atoms with E-state index >= 15 is 0 Å². The minimum Gasteiger partial charge on any atom is -0.390 e. The molecule has 2 aromatic rings. The van der Waals surface area contributed by atoms with Gasteiger partial charge in [-0.25, -0.2) is 4.57 Å². The van der Waals surface area contributed by atoms with Gasteiger partial charge in [-0.05, 0) is 31.9 Å². The van der Waals surface area contributed by atoms with E-state index in [1.165, 1.54) is 0 Å². The molecule has 0 heterocycles. The third-order valence-corrected chi connectivity index (χ3v) is 5.07. The summed E-state index contributed by atoms with van der Waals surface area (Å²) in [6, 6.07) is 18.8. The van der Waals surface area contributed by atoms with E-state index in [1.807, 2.05) is 60.7 Å². The van der Waals surface area contributed by atoms with Gasteiger partial charge in [-0.1, -0.05) is 60.7 Å². The summed E-state index contributed by atoms with van der Waals surface area (Å²) in [6.07, 6.45) is -0.187. The topological polar surface area (TPSA) is 65.0 Å². The van der Waals surface area contributed by atoms with E-state index in [2.05, 4.69) is 0 Å². The number of benzene rings is 2. The smallest absolute Gasteiger partial charge is 0.390 e. The molecule has 0 aromatic heterocycles. The van der Waals surface area contributed by atoms with Crippen LogP contribution in [0.3, 0.4) is 0 Å². The van der Waals surface area contributed by atoms with Crippen LogP contribution in [0.5, 0.6) is 0 Å². The second-order valence-electron chi connectivity index (χ2n) is 6.90. The highest BCUT2D eigenvalue weighted by Crippen LogP contribution is 2.52. The minimum absolute atomic E-state index is 0.113. The largest absolute Gasteiger partial charge is 0.475 e. The van der Waals surface area contributed by atoms with Gasteiger partial charge in [0, 0.05) is 6.42 Å². The van der Waals surface area contributed by atoms with Crippen LogP contribution in [-0.4, -0.2) is 16.8 Å². The predicted octanol–water partition coefficient (Wildman–Crippen LogP) is 5.09. The van der Waals surface area contributed by atoms with Gasteiger partial charge in [0.15, 0.2) is 0 Å². The van der Waals surface area contributed by atoms with Crippen LogP contribution in [-0.2, 0) is 31.4 Å². The molecule has 0 saturated carbocycles. The van der Waals surface area contributed by atoms with Crippen LogP contribution < -0.4 is 0 Å². The molecule has 0 spiro atoms. The maximum absolute atomic E-state index is 13.1. The van der Waals surface area contributed by atoms with Gasteiger partial charge in [-0.15, -0.1) is 0 Å². The molecule has 2 rings (SSSR count). The average Bonchev–Trinajstić information content (AvgIpc) is 2.59. The van der Waals surface area contributed by atoms with Crippen LogP contribution in [0.2, 0.25) is 0 Å². The molecular formula is C20H27O5P. The van der Waals surface area contributed by atoms with Crippen molar-refractivity contribution in [1.29, 1.82) is 0 Å². The van der Waals surface area contributed by atoms with Gasteiger partial charge < -0.3 is 5.11 Å². The molecule has 0 radical (unpaired) electrons. The lowest BCUT2D eigenvalue weighted by atomic mass is 10.0. The zero-order valence-corrected chi connectivity index (χ0v) is 16.4. The van der Waals surface area contributed by atoms with Gasteiger partial charge in [0.1, 0.15) is 0 Å². The van der Waals surface area contributed by atoms with Crippen molar-refractivity contribution in [2.45, 2.75) is 52.1 Å². The molecule has 0 fully saturated rings. The molecule has 1 atom stereocenters. The van der Waals surface area contributed by atoms with E-state index in [-0.39, 0.29) is 13.2 Å². The fraction of sp³-hybridized carbons (Fsp3) is 0.400. The van der Waals surface area contributed by atoms with Crippen LogP contribution in [0.25, 0.3) is 0 Å². The molecule has 1 unspecified atom stereocenters. The second kappa shape index (κ2) is 9.45. The molecular weight excluding hydrogens is 351 g/mol. The lowest BCUT2D eigenvalue weighted by Gasteiger charge is -2.26. The summed E-state index contributed by atoms with van der Waals surface area (Å²) >= 11 is 0. The third-order valence-electron chi connectivity index (χ3n) is 3.56. The summed E-state index contributed by atoms with van der Waals surface area (Å²) in [4.78, 5) is 0. The molecule has 5 nitrogen and oxygen atoms in total. The van der Waals surface area contributed by atoms with Gasteiger partial charge in [0.2, 0.25) is 0 Å². The monoisotopic (exact) mass is 378 g/mol. The van der Waals surface area contributed by atoms with Gasteiger partial charge in [0.25, 0.3) is 0 Å². The lowest BCUT2D eigenvalue weighted by Crippen LogP contribution is -2.26. The first kappa shape index (κ1) is 20.8. The SMILES string of the molecule is CC(CC(C)(C)O)OP(=O)(OCc1ccccc1)OCc1ccccc1. The molecule has 0 aliphatic rings. The van der Waals surface area contributed by atoms with Crippen LogP contribution in [0.15, 0.2) is 60.7 Å². The van der Waals surface area contributed by atoms with Crippen molar-refractivity contribution < 1.29 is 23.2 Å². The third kappa shape index (κ3) is 7.81. The molecule has 0 aliphatic heterocycles. The van der Waals surface area contributed by atoms with E-state index < -0.39 is 19.5 Å². The number of rotatable bonds is 10. The summed E-state index contributed by atoms with van der Waals surface area (Å²) in [7, 11) is -3.80. The van der Waals surface area contributed by atoms with Crippen LogP contribution in [0.1, 0.15) is 38.3 Å². The summed E-state index contributed by atoms with van der Waals surface area (Å²) in [6.45, 7) is 5.31.